The van der Waals surface area contributed by atoms with E-state index in [1.54, 1.807) is 18.9 Å². The largest absolute Gasteiger partial charge is 0.493 e. The number of anilines is 1. The highest BCUT2D eigenvalue weighted by atomic mass is 16.5. The lowest BCUT2D eigenvalue weighted by atomic mass is 10.0. The number of rotatable bonds is 1. The first kappa shape index (κ1) is 11.0. The summed E-state index contributed by atoms with van der Waals surface area (Å²) in [6.45, 7) is 4.38. The molecule has 0 atom stereocenters. The van der Waals surface area contributed by atoms with E-state index in [2.05, 4.69) is 6.07 Å². The molecule has 16 heavy (non-hydrogen) atoms. The van der Waals surface area contributed by atoms with E-state index in [0.717, 1.165) is 36.4 Å². The van der Waals surface area contributed by atoms with Crippen molar-refractivity contribution in [2.75, 3.05) is 18.6 Å². The van der Waals surface area contributed by atoms with Crippen LogP contribution in [0.2, 0.25) is 0 Å². The van der Waals surface area contributed by atoms with Crippen LogP contribution in [0.25, 0.3) is 0 Å². The van der Waals surface area contributed by atoms with Gasteiger partial charge in [-0.3, -0.25) is 4.79 Å². The van der Waals surface area contributed by atoms with Gasteiger partial charge in [-0.05, 0) is 30.9 Å². The van der Waals surface area contributed by atoms with Gasteiger partial charge in [0.2, 0.25) is 5.91 Å². The number of fused-ring (bicyclic) bond motifs is 1. The van der Waals surface area contributed by atoms with E-state index in [1.807, 2.05) is 13.0 Å². The summed E-state index contributed by atoms with van der Waals surface area (Å²) >= 11 is 0. The van der Waals surface area contributed by atoms with Gasteiger partial charge in [0.05, 0.1) is 6.61 Å². The van der Waals surface area contributed by atoms with E-state index in [9.17, 15) is 4.79 Å². The van der Waals surface area contributed by atoms with Gasteiger partial charge in [-0.2, -0.15) is 0 Å². The summed E-state index contributed by atoms with van der Waals surface area (Å²) in [6, 6.07) is 4.11. The molecule has 0 fully saturated rings. The third kappa shape index (κ3) is 1.90. The minimum absolute atomic E-state index is 0.0406. The molecule has 2 rings (SSSR count). The molecule has 0 saturated heterocycles. The Balaban J connectivity index is 2.43. The van der Waals surface area contributed by atoms with Gasteiger partial charge in [0.1, 0.15) is 5.75 Å². The highest BCUT2D eigenvalue weighted by molar-refractivity contribution is 5.92. The summed E-state index contributed by atoms with van der Waals surface area (Å²) in [5.41, 5.74) is 3.32. The Kier molecular flexibility index (Phi) is 2.86. The fraction of sp³-hybridized carbons (Fsp3) is 0.462. The molecule has 0 saturated carbocycles. The Morgan fingerprint density at radius 1 is 1.44 bits per heavy atom. The number of aryl methyl sites for hydroxylation is 2. The second-order valence-corrected chi connectivity index (χ2v) is 4.28. The number of hydrogen-bond acceptors (Lipinski definition) is 2. The second kappa shape index (κ2) is 4.16. The highest BCUT2D eigenvalue weighted by Crippen LogP contribution is 2.32. The Bertz CT molecular complexity index is 426. The van der Waals surface area contributed by atoms with Crippen molar-refractivity contribution in [2.24, 2.45) is 0 Å². The number of amides is 1. The zero-order chi connectivity index (χ0) is 11.7. The number of ether oxygens (including phenoxy) is 1. The molecule has 3 nitrogen and oxygen atoms in total. The van der Waals surface area contributed by atoms with Gasteiger partial charge >= 0.3 is 0 Å². The maximum absolute atomic E-state index is 11.3. The van der Waals surface area contributed by atoms with Crippen LogP contribution in [-0.2, 0) is 11.2 Å². The smallest absolute Gasteiger partial charge is 0.223 e. The summed E-state index contributed by atoms with van der Waals surface area (Å²) in [5, 5.41) is 0. The molecule has 0 N–H and O–H groups in total. The maximum Gasteiger partial charge on any atom is 0.223 e. The lowest BCUT2D eigenvalue weighted by Gasteiger charge is -2.23. The molecular weight excluding hydrogens is 202 g/mol. The maximum atomic E-state index is 11.3. The molecule has 1 aliphatic heterocycles. The molecule has 0 aromatic heterocycles. The normalized spacial score (nSPS) is 13.9. The Hall–Kier alpha value is -1.51. The third-order valence-electron chi connectivity index (χ3n) is 3.06. The molecule has 0 unspecified atom stereocenters. The van der Waals surface area contributed by atoms with Crippen LogP contribution in [0.5, 0.6) is 5.75 Å². The van der Waals surface area contributed by atoms with E-state index in [0.29, 0.717) is 0 Å². The number of carbonyl (C=O) groups is 1. The molecule has 1 amide bonds. The van der Waals surface area contributed by atoms with Crippen molar-refractivity contribution >= 4 is 11.6 Å². The summed E-state index contributed by atoms with van der Waals surface area (Å²) in [6.07, 6.45) is 2.15. The summed E-state index contributed by atoms with van der Waals surface area (Å²) in [5.74, 6) is 0.971. The predicted octanol–water partition coefficient (Wildman–Crippen LogP) is 2.30. The van der Waals surface area contributed by atoms with Crippen LogP contribution < -0.4 is 9.64 Å². The van der Waals surface area contributed by atoms with E-state index in [4.69, 9.17) is 4.74 Å². The number of nitrogens with zero attached hydrogens (tertiary/aromatic N) is 1. The number of benzene rings is 1. The van der Waals surface area contributed by atoms with Gasteiger partial charge in [-0.1, -0.05) is 6.07 Å². The first-order valence-electron chi connectivity index (χ1n) is 5.60. The molecule has 0 radical (unpaired) electrons. The van der Waals surface area contributed by atoms with Crippen LogP contribution in [-0.4, -0.2) is 19.6 Å². The Morgan fingerprint density at radius 2 is 2.19 bits per heavy atom. The van der Waals surface area contributed by atoms with Crippen molar-refractivity contribution in [3.63, 3.8) is 0 Å². The molecule has 0 aliphatic carbocycles. The van der Waals surface area contributed by atoms with Crippen molar-refractivity contribution < 1.29 is 9.53 Å². The molecular formula is C13H17NO2. The fourth-order valence-corrected chi connectivity index (χ4v) is 2.04. The number of carbonyl (C=O) groups excluding carboxylic acids is 1. The summed E-state index contributed by atoms with van der Waals surface area (Å²) in [7, 11) is 1.79. The zero-order valence-corrected chi connectivity index (χ0v) is 10.0. The van der Waals surface area contributed by atoms with Gasteiger partial charge < -0.3 is 9.64 Å². The lowest BCUT2D eigenvalue weighted by Crippen LogP contribution is -2.24. The summed E-state index contributed by atoms with van der Waals surface area (Å²) < 4.78 is 5.61. The Morgan fingerprint density at radius 3 is 2.88 bits per heavy atom. The van der Waals surface area contributed by atoms with Gasteiger partial charge in [0.15, 0.2) is 0 Å². The van der Waals surface area contributed by atoms with Crippen LogP contribution >= 0.6 is 0 Å². The topological polar surface area (TPSA) is 29.5 Å². The van der Waals surface area contributed by atoms with Gasteiger partial charge in [0, 0.05) is 25.7 Å². The molecule has 1 aliphatic rings. The fourth-order valence-electron chi connectivity index (χ4n) is 2.04. The minimum Gasteiger partial charge on any atom is -0.493 e. The lowest BCUT2D eigenvalue weighted by molar-refractivity contribution is -0.116. The quantitative estimate of drug-likeness (QED) is 0.725. The van der Waals surface area contributed by atoms with Gasteiger partial charge in [0.25, 0.3) is 0 Å². The van der Waals surface area contributed by atoms with Crippen LogP contribution in [0.15, 0.2) is 12.1 Å². The molecule has 1 aromatic rings. The molecule has 86 valence electrons. The minimum atomic E-state index is 0.0406. The molecule has 0 bridgehead atoms. The van der Waals surface area contributed by atoms with Gasteiger partial charge in [-0.25, -0.2) is 0 Å². The number of hydrogen-bond donors (Lipinski definition) is 0. The van der Waals surface area contributed by atoms with E-state index in [1.165, 1.54) is 5.56 Å². The summed E-state index contributed by atoms with van der Waals surface area (Å²) in [4.78, 5) is 13.0. The van der Waals surface area contributed by atoms with Crippen molar-refractivity contribution in [2.45, 2.75) is 26.7 Å². The first-order valence-corrected chi connectivity index (χ1v) is 5.60. The predicted molar refractivity (Wildman–Crippen MR) is 64.1 cm³/mol. The Labute approximate surface area is 96.0 Å². The highest BCUT2D eigenvalue weighted by Gasteiger charge is 2.16. The van der Waals surface area contributed by atoms with Gasteiger partial charge in [-0.15, -0.1) is 0 Å². The van der Waals surface area contributed by atoms with Crippen molar-refractivity contribution in [1.29, 1.82) is 0 Å². The van der Waals surface area contributed by atoms with Crippen LogP contribution in [0.3, 0.4) is 0 Å². The van der Waals surface area contributed by atoms with Crippen LogP contribution in [0, 0.1) is 6.92 Å². The molecule has 1 aromatic carbocycles. The van der Waals surface area contributed by atoms with E-state index in [-0.39, 0.29) is 5.91 Å². The van der Waals surface area contributed by atoms with Crippen molar-refractivity contribution in [3.8, 4) is 5.75 Å². The zero-order valence-electron chi connectivity index (χ0n) is 10.0. The first-order chi connectivity index (χ1) is 7.59. The van der Waals surface area contributed by atoms with E-state index >= 15 is 0 Å². The van der Waals surface area contributed by atoms with Crippen molar-refractivity contribution in [3.05, 3.63) is 23.3 Å². The second-order valence-electron chi connectivity index (χ2n) is 4.28. The van der Waals surface area contributed by atoms with Crippen molar-refractivity contribution in [1.82, 2.24) is 0 Å². The molecule has 1 heterocycles. The van der Waals surface area contributed by atoms with E-state index < -0.39 is 0 Å². The average molecular weight is 219 g/mol. The monoisotopic (exact) mass is 219 g/mol. The standard InChI is InChI=1S/C13H17NO2/c1-9-7-11-5-4-6-16-13(11)8-12(9)14(3)10(2)15/h7-8H,4-6H2,1-3H3. The molecule has 0 spiro atoms. The third-order valence-corrected chi connectivity index (χ3v) is 3.06. The average Bonchev–Trinajstić information content (AvgIpc) is 2.27. The SMILES string of the molecule is CC(=O)N(C)c1cc2c(cc1C)CCCO2. The van der Waals surface area contributed by atoms with Crippen LogP contribution in [0.4, 0.5) is 5.69 Å². The van der Waals surface area contributed by atoms with Crippen LogP contribution in [0.1, 0.15) is 24.5 Å². The molecule has 3 heteroatoms.